The molecule has 0 unspecified atom stereocenters. The number of sulfonamides is 1. The summed E-state index contributed by atoms with van der Waals surface area (Å²) in [5, 5.41) is 11.4. The summed E-state index contributed by atoms with van der Waals surface area (Å²) in [5.41, 5.74) is 0.519. The largest absolute Gasteiger partial charge is 0.372 e. The minimum Gasteiger partial charge on any atom is -0.358 e. The van der Waals surface area contributed by atoms with Crippen molar-refractivity contribution < 1.29 is 13.3 Å². The van der Waals surface area contributed by atoms with E-state index < -0.39 is 14.9 Å². The van der Waals surface area contributed by atoms with Crippen molar-refractivity contribution in [2.45, 2.75) is 18.9 Å². The third kappa shape index (κ3) is 3.27. The summed E-state index contributed by atoms with van der Waals surface area (Å²) < 4.78 is 26.6. The highest BCUT2D eigenvalue weighted by Gasteiger charge is 2.30. The van der Waals surface area contributed by atoms with E-state index in [1.54, 1.807) is 24.4 Å². The molecule has 124 valence electrons. The summed E-state index contributed by atoms with van der Waals surface area (Å²) in [6.07, 6.45) is 3.91. The Labute approximate surface area is 133 Å². The van der Waals surface area contributed by atoms with Gasteiger partial charge in [0.2, 0.25) is 21.5 Å². The smallest absolute Gasteiger partial charge is 0.358 e. The molecule has 1 fully saturated rings. The predicted molar refractivity (Wildman–Crippen MR) is 85.1 cm³/mol. The van der Waals surface area contributed by atoms with Gasteiger partial charge in [-0.15, -0.1) is 0 Å². The van der Waals surface area contributed by atoms with Gasteiger partial charge in [-0.25, -0.2) is 13.1 Å². The number of aromatic nitrogens is 2. The Balaban J connectivity index is 1.85. The van der Waals surface area contributed by atoms with E-state index >= 15 is 0 Å². The van der Waals surface area contributed by atoms with E-state index in [1.807, 2.05) is 4.90 Å². The van der Waals surface area contributed by atoms with E-state index in [0.29, 0.717) is 37.4 Å². The summed E-state index contributed by atoms with van der Waals surface area (Å²) in [4.78, 5) is 17.2. The lowest BCUT2D eigenvalue weighted by Gasteiger charge is -2.31. The van der Waals surface area contributed by atoms with Crippen molar-refractivity contribution in [1.82, 2.24) is 14.1 Å². The van der Waals surface area contributed by atoms with Crippen molar-refractivity contribution in [3.63, 3.8) is 0 Å². The number of piperidine rings is 1. The molecule has 9 nitrogen and oxygen atoms in total. The van der Waals surface area contributed by atoms with Crippen LogP contribution in [0.4, 0.5) is 11.6 Å². The molecule has 0 radical (unpaired) electrons. The second-order valence-corrected chi connectivity index (χ2v) is 7.38. The van der Waals surface area contributed by atoms with Crippen LogP contribution in [-0.4, -0.2) is 48.1 Å². The number of pyridine rings is 1. The maximum absolute atomic E-state index is 11.4. The number of nitro groups is 1. The van der Waals surface area contributed by atoms with Crippen molar-refractivity contribution >= 4 is 27.3 Å². The summed E-state index contributed by atoms with van der Waals surface area (Å²) in [7, 11) is -3.24. The van der Waals surface area contributed by atoms with Crippen LogP contribution in [0.15, 0.2) is 24.4 Å². The zero-order chi connectivity index (χ0) is 16.6. The van der Waals surface area contributed by atoms with E-state index in [9.17, 15) is 18.5 Å². The van der Waals surface area contributed by atoms with Crippen LogP contribution in [0.5, 0.6) is 0 Å². The highest BCUT2D eigenvalue weighted by Crippen LogP contribution is 2.30. The van der Waals surface area contributed by atoms with E-state index in [-0.39, 0.29) is 11.9 Å². The molecule has 3 rings (SSSR count). The van der Waals surface area contributed by atoms with Crippen LogP contribution in [0.1, 0.15) is 12.8 Å². The van der Waals surface area contributed by atoms with Crippen molar-refractivity contribution in [2.24, 2.45) is 0 Å². The molecule has 1 saturated heterocycles. The average molecular weight is 339 g/mol. The number of imidazole rings is 1. The molecule has 0 saturated carbocycles. The number of anilines is 1. The van der Waals surface area contributed by atoms with Gasteiger partial charge in [0.15, 0.2) is 0 Å². The Morgan fingerprint density at radius 3 is 2.65 bits per heavy atom. The highest BCUT2D eigenvalue weighted by molar-refractivity contribution is 7.88. The van der Waals surface area contributed by atoms with E-state index in [1.165, 1.54) is 4.40 Å². The quantitative estimate of drug-likeness (QED) is 0.650. The molecule has 1 N–H and O–H groups in total. The molecule has 1 aliphatic rings. The minimum atomic E-state index is -3.24. The first-order valence-electron chi connectivity index (χ1n) is 7.19. The second-order valence-electron chi connectivity index (χ2n) is 5.60. The Bertz CT molecular complexity index is 839. The summed E-state index contributed by atoms with van der Waals surface area (Å²) in [5.74, 6) is 0.272. The van der Waals surface area contributed by atoms with Crippen LogP contribution in [-0.2, 0) is 10.0 Å². The van der Waals surface area contributed by atoms with Gasteiger partial charge in [-0.2, -0.15) is 9.38 Å². The normalized spacial score (nSPS) is 16.8. The summed E-state index contributed by atoms with van der Waals surface area (Å²) in [6.45, 7) is 1.02. The van der Waals surface area contributed by atoms with Gasteiger partial charge in [-0.1, -0.05) is 6.07 Å². The van der Waals surface area contributed by atoms with Crippen molar-refractivity contribution in [2.75, 3.05) is 24.2 Å². The monoisotopic (exact) mass is 339 g/mol. The highest BCUT2D eigenvalue weighted by atomic mass is 32.2. The molecule has 0 spiro atoms. The Morgan fingerprint density at radius 1 is 1.35 bits per heavy atom. The second kappa shape index (κ2) is 5.78. The third-order valence-electron chi connectivity index (χ3n) is 3.84. The van der Waals surface area contributed by atoms with Gasteiger partial charge in [0.25, 0.3) is 0 Å². The molecule has 23 heavy (non-hydrogen) atoms. The predicted octanol–water partition coefficient (Wildman–Crippen LogP) is 0.760. The van der Waals surface area contributed by atoms with Crippen LogP contribution in [0.25, 0.3) is 5.65 Å². The molecular weight excluding hydrogens is 322 g/mol. The van der Waals surface area contributed by atoms with Crippen LogP contribution in [0.3, 0.4) is 0 Å². The number of hydrogen-bond donors (Lipinski definition) is 1. The van der Waals surface area contributed by atoms with Crippen LogP contribution >= 0.6 is 0 Å². The van der Waals surface area contributed by atoms with Gasteiger partial charge in [0, 0.05) is 25.2 Å². The van der Waals surface area contributed by atoms with E-state index in [2.05, 4.69) is 9.71 Å². The molecule has 10 heteroatoms. The zero-order valence-electron chi connectivity index (χ0n) is 12.5. The SMILES string of the molecule is CS(=O)(=O)NC1CCN(c2nc3ccccn3c2[N+](=O)[O-])CC1. The molecule has 0 amide bonds. The molecule has 2 aromatic heterocycles. The lowest BCUT2D eigenvalue weighted by Crippen LogP contribution is -2.44. The van der Waals surface area contributed by atoms with Gasteiger partial charge in [-0.05, 0) is 23.8 Å². The number of nitrogens with one attached hydrogen (secondary N) is 1. The van der Waals surface area contributed by atoms with Crippen molar-refractivity contribution in [1.29, 1.82) is 0 Å². The molecule has 2 aromatic rings. The van der Waals surface area contributed by atoms with E-state index in [4.69, 9.17) is 0 Å². The van der Waals surface area contributed by atoms with Crippen molar-refractivity contribution in [3.05, 3.63) is 34.5 Å². The fraction of sp³-hybridized carbons (Fsp3) is 0.462. The lowest BCUT2D eigenvalue weighted by molar-refractivity contribution is -0.389. The third-order valence-corrected chi connectivity index (χ3v) is 4.60. The summed E-state index contributed by atoms with van der Waals surface area (Å²) >= 11 is 0. The first-order valence-corrected chi connectivity index (χ1v) is 9.08. The molecular formula is C13H17N5O4S. The molecule has 0 atom stereocenters. The lowest BCUT2D eigenvalue weighted by atomic mass is 10.1. The standard InChI is InChI=1S/C13H17N5O4S/c1-23(21,22)15-10-5-8-16(9-6-10)12-13(18(19)20)17-7-3-2-4-11(17)14-12/h2-4,7,10,15H,5-6,8-9H2,1H3. The molecule has 0 bridgehead atoms. The van der Waals surface area contributed by atoms with Gasteiger partial charge in [0.1, 0.15) is 0 Å². The average Bonchev–Trinajstić information content (AvgIpc) is 2.85. The topological polar surface area (TPSA) is 110 Å². The molecule has 3 heterocycles. The van der Waals surface area contributed by atoms with Gasteiger partial charge < -0.3 is 15.0 Å². The van der Waals surface area contributed by atoms with Gasteiger partial charge in [-0.3, -0.25) is 0 Å². The van der Waals surface area contributed by atoms with Crippen LogP contribution in [0.2, 0.25) is 0 Å². The minimum absolute atomic E-state index is 0.0601. The Morgan fingerprint density at radius 2 is 2.04 bits per heavy atom. The number of hydrogen-bond acceptors (Lipinski definition) is 6. The number of nitrogens with zero attached hydrogens (tertiary/aromatic N) is 4. The van der Waals surface area contributed by atoms with Gasteiger partial charge >= 0.3 is 5.82 Å². The molecule has 1 aliphatic heterocycles. The first-order chi connectivity index (χ1) is 10.8. The fourth-order valence-electron chi connectivity index (χ4n) is 2.86. The Hall–Kier alpha value is -2.20. The summed E-state index contributed by atoms with van der Waals surface area (Å²) in [6, 6.07) is 5.07. The van der Waals surface area contributed by atoms with Crippen molar-refractivity contribution in [3.8, 4) is 0 Å². The number of rotatable bonds is 4. The fourth-order valence-corrected chi connectivity index (χ4v) is 3.71. The van der Waals surface area contributed by atoms with E-state index in [0.717, 1.165) is 6.26 Å². The zero-order valence-corrected chi connectivity index (χ0v) is 13.4. The molecule has 0 aliphatic carbocycles. The maximum atomic E-state index is 11.4. The molecule has 0 aromatic carbocycles. The van der Waals surface area contributed by atoms with Crippen LogP contribution in [0, 0.1) is 10.1 Å². The number of fused-ring (bicyclic) bond motifs is 1. The first kappa shape index (κ1) is 15.7. The maximum Gasteiger partial charge on any atom is 0.372 e. The van der Waals surface area contributed by atoms with Crippen LogP contribution < -0.4 is 9.62 Å². The van der Waals surface area contributed by atoms with Gasteiger partial charge in [0.05, 0.1) is 12.5 Å². The Kier molecular flexibility index (Phi) is 3.94.